The van der Waals surface area contributed by atoms with Gasteiger partial charge in [-0.05, 0) is 104 Å². The van der Waals surface area contributed by atoms with Gasteiger partial charge in [-0.2, -0.15) is 5.26 Å². The first-order chi connectivity index (χ1) is 28.7. The van der Waals surface area contributed by atoms with Crippen molar-refractivity contribution in [1.29, 1.82) is 5.26 Å². The number of rotatable bonds is 5. The largest absolute Gasteiger partial charge is 0.228 e. The van der Waals surface area contributed by atoms with Gasteiger partial charge in [-0.25, -0.2) is 9.97 Å². The average Bonchev–Trinajstić information content (AvgIpc) is 3.58. The van der Waals surface area contributed by atoms with E-state index in [0.29, 0.717) is 11.4 Å². The minimum absolute atomic E-state index is 0.605. The molecule has 1 aromatic heterocycles. The van der Waals surface area contributed by atoms with Gasteiger partial charge < -0.3 is 0 Å². The molecule has 0 N–H and O–H groups in total. The highest BCUT2D eigenvalue weighted by atomic mass is 32.2. The zero-order valence-electron chi connectivity index (χ0n) is 31.3. The SMILES string of the molecule is N#Cc1cccc(-c2ccc3c(c2)C2(c4ccccc4Sc4ccccc42)c2cc(-c4nc(-c5ccccc5)cc(-c5cccc(-c6ccccc6)c5)n4)ccc2-3)c1. The first-order valence-corrected chi connectivity index (χ1v) is 20.3. The van der Waals surface area contributed by atoms with Gasteiger partial charge in [0.05, 0.1) is 28.4 Å². The number of fused-ring (bicyclic) bond motifs is 9. The second kappa shape index (κ2) is 13.7. The van der Waals surface area contributed by atoms with Crippen molar-refractivity contribution in [3.63, 3.8) is 0 Å². The van der Waals surface area contributed by atoms with E-state index >= 15 is 0 Å². The Hall–Kier alpha value is -7.32. The van der Waals surface area contributed by atoms with E-state index in [2.05, 4.69) is 176 Å². The molecular formula is C54H33N3S. The van der Waals surface area contributed by atoms with Crippen LogP contribution in [-0.4, -0.2) is 9.97 Å². The molecule has 11 rings (SSSR count). The summed E-state index contributed by atoms with van der Waals surface area (Å²) in [5.74, 6) is 0.677. The summed E-state index contributed by atoms with van der Waals surface area (Å²) in [6, 6.07) is 73.2. The minimum Gasteiger partial charge on any atom is -0.228 e. The number of benzene rings is 8. The van der Waals surface area contributed by atoms with Gasteiger partial charge in [0.15, 0.2) is 5.82 Å². The molecule has 2 aliphatic rings. The van der Waals surface area contributed by atoms with Gasteiger partial charge in [0.1, 0.15) is 0 Å². The van der Waals surface area contributed by atoms with Crippen LogP contribution in [0, 0.1) is 11.3 Å². The molecule has 58 heavy (non-hydrogen) atoms. The topological polar surface area (TPSA) is 49.6 Å². The molecule has 2 heterocycles. The maximum Gasteiger partial charge on any atom is 0.160 e. The van der Waals surface area contributed by atoms with Gasteiger partial charge in [-0.1, -0.05) is 163 Å². The van der Waals surface area contributed by atoms with Gasteiger partial charge in [-0.3, -0.25) is 0 Å². The molecule has 0 atom stereocenters. The van der Waals surface area contributed by atoms with Crippen LogP contribution in [0.1, 0.15) is 27.8 Å². The maximum absolute atomic E-state index is 9.78. The normalized spacial score (nSPS) is 12.9. The monoisotopic (exact) mass is 755 g/mol. The van der Waals surface area contributed by atoms with Crippen LogP contribution in [-0.2, 0) is 5.41 Å². The molecule has 0 saturated carbocycles. The van der Waals surface area contributed by atoms with Crippen molar-refractivity contribution in [2.45, 2.75) is 15.2 Å². The van der Waals surface area contributed by atoms with Crippen LogP contribution in [0.4, 0.5) is 0 Å². The molecule has 0 fully saturated rings. The van der Waals surface area contributed by atoms with Gasteiger partial charge >= 0.3 is 0 Å². The van der Waals surface area contributed by atoms with E-state index < -0.39 is 5.41 Å². The number of nitriles is 1. The summed E-state index contributed by atoms with van der Waals surface area (Å²) in [5, 5.41) is 9.78. The molecular weight excluding hydrogens is 723 g/mol. The molecule has 8 aromatic carbocycles. The highest BCUT2D eigenvalue weighted by Crippen LogP contribution is 2.62. The van der Waals surface area contributed by atoms with Crippen molar-refractivity contribution in [2.75, 3.05) is 0 Å². The molecule has 0 radical (unpaired) electrons. The summed E-state index contributed by atoms with van der Waals surface area (Å²) in [5.41, 5.74) is 16.6. The molecule has 0 saturated heterocycles. The fourth-order valence-electron chi connectivity index (χ4n) is 8.96. The number of nitrogens with zero attached hydrogens (tertiary/aromatic N) is 3. The van der Waals surface area contributed by atoms with E-state index in [1.54, 1.807) is 0 Å². The lowest BCUT2D eigenvalue weighted by Gasteiger charge is -2.39. The summed E-state index contributed by atoms with van der Waals surface area (Å²) in [4.78, 5) is 13.1. The third kappa shape index (κ3) is 5.44. The fraction of sp³-hybridized carbons (Fsp3) is 0.0185. The van der Waals surface area contributed by atoms with Crippen molar-refractivity contribution in [3.8, 4) is 73.4 Å². The quantitative estimate of drug-likeness (QED) is 0.175. The zero-order chi connectivity index (χ0) is 38.6. The Morgan fingerprint density at radius 2 is 0.879 bits per heavy atom. The molecule has 0 unspecified atom stereocenters. The van der Waals surface area contributed by atoms with Crippen LogP contribution >= 0.6 is 11.8 Å². The van der Waals surface area contributed by atoms with Gasteiger partial charge in [0.2, 0.25) is 0 Å². The van der Waals surface area contributed by atoms with Crippen LogP contribution < -0.4 is 0 Å². The van der Waals surface area contributed by atoms with E-state index in [9.17, 15) is 5.26 Å². The standard InChI is InChI=1S/C54H33N3S/c55-34-35-13-11-18-38(29-35)40-25-27-43-44-28-26-42(32-48(44)54(47(43)31-40)45-21-7-9-23-51(45)58-52-24-10-8-22-46(52)54)53-56-49(37-16-5-2-6-17-37)33-50(57-53)41-20-12-19-39(30-41)36-14-3-1-4-15-36/h1-33H. The van der Waals surface area contributed by atoms with Crippen LogP contribution in [0.15, 0.2) is 210 Å². The number of hydrogen-bond acceptors (Lipinski definition) is 4. The summed E-state index contributed by atoms with van der Waals surface area (Å²) in [6.07, 6.45) is 0. The van der Waals surface area contributed by atoms with Crippen molar-refractivity contribution >= 4 is 11.8 Å². The summed E-state index contributed by atoms with van der Waals surface area (Å²) in [6.45, 7) is 0. The van der Waals surface area contributed by atoms with Gasteiger partial charge in [0, 0.05) is 26.5 Å². The third-order valence-electron chi connectivity index (χ3n) is 11.6. The molecule has 0 bridgehead atoms. The molecule has 1 aliphatic carbocycles. The van der Waals surface area contributed by atoms with E-state index in [4.69, 9.17) is 9.97 Å². The number of hydrogen-bond donors (Lipinski definition) is 0. The minimum atomic E-state index is -0.605. The van der Waals surface area contributed by atoms with E-state index in [1.807, 2.05) is 42.1 Å². The van der Waals surface area contributed by atoms with Crippen molar-refractivity contribution in [2.24, 2.45) is 0 Å². The Morgan fingerprint density at radius 1 is 0.379 bits per heavy atom. The second-order valence-electron chi connectivity index (χ2n) is 14.8. The van der Waals surface area contributed by atoms with E-state index in [1.165, 1.54) is 43.2 Å². The summed E-state index contributed by atoms with van der Waals surface area (Å²) < 4.78 is 0. The van der Waals surface area contributed by atoms with Gasteiger partial charge in [-0.15, -0.1) is 0 Å². The Morgan fingerprint density at radius 3 is 1.55 bits per heavy atom. The maximum atomic E-state index is 9.78. The lowest BCUT2D eigenvalue weighted by atomic mass is 9.67. The Kier molecular flexibility index (Phi) is 8.03. The van der Waals surface area contributed by atoms with E-state index in [-0.39, 0.29) is 0 Å². The fourth-order valence-corrected chi connectivity index (χ4v) is 10.1. The van der Waals surface area contributed by atoms with Crippen molar-refractivity contribution < 1.29 is 0 Å². The zero-order valence-corrected chi connectivity index (χ0v) is 32.1. The molecule has 1 aliphatic heterocycles. The smallest absolute Gasteiger partial charge is 0.160 e. The van der Waals surface area contributed by atoms with Gasteiger partial charge in [0.25, 0.3) is 0 Å². The first-order valence-electron chi connectivity index (χ1n) is 19.4. The molecule has 270 valence electrons. The Bertz CT molecular complexity index is 3060. The molecule has 3 nitrogen and oxygen atoms in total. The Balaban J connectivity index is 1.15. The Labute approximate surface area is 342 Å². The highest BCUT2D eigenvalue weighted by molar-refractivity contribution is 7.99. The van der Waals surface area contributed by atoms with Crippen LogP contribution in [0.25, 0.3) is 67.3 Å². The van der Waals surface area contributed by atoms with Crippen LogP contribution in [0.5, 0.6) is 0 Å². The summed E-state index contributed by atoms with van der Waals surface area (Å²) >= 11 is 1.84. The molecule has 9 aromatic rings. The highest BCUT2D eigenvalue weighted by Gasteiger charge is 2.50. The molecule has 0 amide bonds. The summed E-state index contributed by atoms with van der Waals surface area (Å²) in [7, 11) is 0. The number of aromatic nitrogens is 2. The van der Waals surface area contributed by atoms with Crippen molar-refractivity contribution in [1.82, 2.24) is 9.97 Å². The molecule has 1 spiro atoms. The predicted molar refractivity (Wildman–Crippen MR) is 235 cm³/mol. The second-order valence-corrected chi connectivity index (χ2v) is 15.9. The lowest BCUT2D eigenvalue weighted by Crippen LogP contribution is -2.32. The van der Waals surface area contributed by atoms with Crippen LogP contribution in [0.2, 0.25) is 0 Å². The van der Waals surface area contributed by atoms with Crippen molar-refractivity contribution in [3.05, 3.63) is 228 Å². The third-order valence-corrected chi connectivity index (χ3v) is 12.7. The predicted octanol–water partition coefficient (Wildman–Crippen LogP) is 13.5. The average molecular weight is 756 g/mol. The lowest BCUT2D eigenvalue weighted by molar-refractivity contribution is 0.722. The molecule has 4 heteroatoms. The first kappa shape index (κ1) is 34.0. The van der Waals surface area contributed by atoms with Crippen LogP contribution in [0.3, 0.4) is 0 Å². The van der Waals surface area contributed by atoms with E-state index in [0.717, 1.165) is 50.3 Å².